The number of urea groups is 1. The molecule has 4 saturated carbocycles. The first-order chi connectivity index (χ1) is 14.8. The molecule has 0 atom stereocenters. The van der Waals surface area contributed by atoms with Crippen LogP contribution in [-0.4, -0.2) is 36.6 Å². The highest BCUT2D eigenvalue weighted by Crippen LogP contribution is 2.55. The van der Waals surface area contributed by atoms with Crippen LogP contribution in [0.2, 0.25) is 0 Å². The van der Waals surface area contributed by atoms with Gasteiger partial charge < -0.3 is 20.7 Å². The normalized spacial score (nSPS) is 28.1. The van der Waals surface area contributed by atoms with E-state index in [-0.39, 0.29) is 24.5 Å². The summed E-state index contributed by atoms with van der Waals surface area (Å²) in [6.07, 6.45) is 7.08. The fourth-order valence-electron chi connectivity index (χ4n) is 5.91. The molecular weight excluding hydrogens is 401 g/mol. The van der Waals surface area contributed by atoms with Gasteiger partial charge in [-0.2, -0.15) is 0 Å². The molecule has 4 aliphatic rings. The lowest BCUT2D eigenvalue weighted by Crippen LogP contribution is -2.61. The number of amides is 3. The van der Waals surface area contributed by atoms with Gasteiger partial charge >= 0.3 is 12.0 Å². The van der Waals surface area contributed by atoms with E-state index in [0.29, 0.717) is 11.3 Å². The SMILES string of the molecule is Cc1ccc(NC(=O)COC(=O)CCNC(=O)NC23CC4CC(CC(C4)C2)C3)cc1F. The molecule has 8 heteroatoms. The minimum Gasteiger partial charge on any atom is -0.456 e. The monoisotopic (exact) mass is 431 g/mol. The van der Waals surface area contributed by atoms with Crippen molar-refractivity contribution < 1.29 is 23.5 Å². The average Bonchev–Trinajstić information content (AvgIpc) is 2.68. The number of nitrogens with one attached hydrogen (secondary N) is 3. The molecule has 0 radical (unpaired) electrons. The first kappa shape index (κ1) is 21.6. The minimum absolute atomic E-state index is 0.0270. The number of rotatable bonds is 7. The zero-order valence-electron chi connectivity index (χ0n) is 17.8. The summed E-state index contributed by atoms with van der Waals surface area (Å²) in [6.45, 7) is 1.30. The minimum atomic E-state index is -0.583. The number of ether oxygens (including phenoxy) is 1. The van der Waals surface area contributed by atoms with Crippen molar-refractivity contribution in [3.05, 3.63) is 29.6 Å². The lowest BCUT2D eigenvalue weighted by atomic mass is 9.53. The average molecular weight is 432 g/mol. The molecule has 4 bridgehead atoms. The van der Waals surface area contributed by atoms with Crippen molar-refractivity contribution in [3.8, 4) is 0 Å². The van der Waals surface area contributed by atoms with Gasteiger partial charge in [-0.25, -0.2) is 9.18 Å². The van der Waals surface area contributed by atoms with Gasteiger partial charge in [0, 0.05) is 17.8 Å². The van der Waals surface area contributed by atoms with Crippen molar-refractivity contribution >= 4 is 23.6 Å². The summed E-state index contributed by atoms with van der Waals surface area (Å²) in [4.78, 5) is 36.1. The van der Waals surface area contributed by atoms with Crippen LogP contribution >= 0.6 is 0 Å². The number of hydrogen-bond donors (Lipinski definition) is 3. The van der Waals surface area contributed by atoms with Crippen LogP contribution in [0.15, 0.2) is 18.2 Å². The van der Waals surface area contributed by atoms with Gasteiger partial charge in [-0.3, -0.25) is 9.59 Å². The van der Waals surface area contributed by atoms with E-state index in [9.17, 15) is 18.8 Å². The highest BCUT2D eigenvalue weighted by Gasteiger charge is 2.51. The second kappa shape index (κ2) is 8.85. The third-order valence-electron chi connectivity index (χ3n) is 6.85. The third kappa shape index (κ3) is 5.35. The zero-order chi connectivity index (χ0) is 22.0. The van der Waals surface area contributed by atoms with Crippen molar-refractivity contribution in [1.29, 1.82) is 0 Å². The molecule has 0 heterocycles. The van der Waals surface area contributed by atoms with E-state index in [1.807, 2.05) is 0 Å². The highest BCUT2D eigenvalue weighted by molar-refractivity contribution is 5.92. The molecule has 0 aliphatic heterocycles. The quantitative estimate of drug-likeness (QED) is 0.578. The fourth-order valence-corrected chi connectivity index (χ4v) is 5.91. The van der Waals surface area contributed by atoms with Gasteiger partial charge in [0.1, 0.15) is 5.82 Å². The van der Waals surface area contributed by atoms with Crippen LogP contribution in [0.1, 0.15) is 50.5 Å². The smallest absolute Gasteiger partial charge is 0.315 e. The lowest BCUT2D eigenvalue weighted by Gasteiger charge is -2.56. The Morgan fingerprint density at radius 2 is 1.74 bits per heavy atom. The summed E-state index contributed by atoms with van der Waals surface area (Å²) in [5, 5.41) is 8.40. The lowest BCUT2D eigenvalue weighted by molar-refractivity contribution is -0.147. The topological polar surface area (TPSA) is 96.5 Å². The Bertz CT molecular complexity index is 837. The number of anilines is 1. The number of hydrogen-bond acceptors (Lipinski definition) is 4. The molecule has 5 rings (SSSR count). The van der Waals surface area contributed by atoms with Gasteiger partial charge in [-0.15, -0.1) is 0 Å². The van der Waals surface area contributed by atoms with E-state index < -0.39 is 24.3 Å². The van der Waals surface area contributed by atoms with Crippen molar-refractivity contribution in [3.63, 3.8) is 0 Å². The van der Waals surface area contributed by atoms with Crippen LogP contribution in [-0.2, 0) is 14.3 Å². The number of aryl methyl sites for hydroxylation is 1. The molecule has 31 heavy (non-hydrogen) atoms. The molecule has 4 fully saturated rings. The predicted octanol–water partition coefficient (Wildman–Crippen LogP) is 3.27. The molecule has 0 aromatic heterocycles. The maximum Gasteiger partial charge on any atom is 0.315 e. The largest absolute Gasteiger partial charge is 0.456 e. The van der Waals surface area contributed by atoms with E-state index in [1.54, 1.807) is 19.1 Å². The number of esters is 1. The Kier molecular flexibility index (Phi) is 6.16. The summed E-state index contributed by atoms with van der Waals surface area (Å²) in [5.41, 5.74) is 0.698. The van der Waals surface area contributed by atoms with Crippen LogP contribution in [0.4, 0.5) is 14.9 Å². The van der Waals surface area contributed by atoms with Crippen LogP contribution < -0.4 is 16.0 Å². The Labute approximate surface area is 181 Å². The van der Waals surface area contributed by atoms with E-state index >= 15 is 0 Å². The number of carbonyl (C=O) groups excluding carboxylic acids is 3. The van der Waals surface area contributed by atoms with E-state index in [4.69, 9.17) is 4.74 Å². The van der Waals surface area contributed by atoms with Crippen molar-refractivity contribution in [2.45, 2.75) is 57.4 Å². The molecule has 0 unspecified atom stereocenters. The second-order valence-corrected chi connectivity index (χ2v) is 9.50. The van der Waals surface area contributed by atoms with E-state index in [0.717, 1.165) is 37.0 Å². The molecule has 1 aromatic carbocycles. The van der Waals surface area contributed by atoms with Gasteiger partial charge in [-0.05, 0) is 80.9 Å². The standard InChI is InChI=1S/C23H30FN3O4/c1-14-2-3-18(9-19(14)24)26-20(28)13-31-21(29)4-5-25-22(30)27-23-10-15-6-16(11-23)8-17(7-15)12-23/h2-3,9,15-17H,4-8,10-13H2,1H3,(H,26,28)(H2,25,27,30). The molecular formula is C23H30FN3O4. The summed E-state index contributed by atoms with van der Waals surface area (Å²) in [5.74, 6) is 0.661. The molecule has 7 nitrogen and oxygen atoms in total. The maximum atomic E-state index is 13.5. The Morgan fingerprint density at radius 3 is 2.35 bits per heavy atom. The van der Waals surface area contributed by atoms with Crippen molar-refractivity contribution in [2.24, 2.45) is 17.8 Å². The number of halogens is 1. The molecule has 168 valence electrons. The molecule has 0 spiro atoms. The fraction of sp³-hybridized carbons (Fsp3) is 0.609. The molecule has 0 saturated heterocycles. The molecule has 4 aliphatic carbocycles. The van der Waals surface area contributed by atoms with Crippen LogP contribution in [0.5, 0.6) is 0 Å². The number of carbonyl (C=O) groups is 3. The zero-order valence-corrected chi connectivity index (χ0v) is 17.8. The molecule has 1 aromatic rings. The van der Waals surface area contributed by atoms with Gasteiger partial charge in [0.15, 0.2) is 6.61 Å². The summed E-state index contributed by atoms with van der Waals surface area (Å²) < 4.78 is 18.4. The van der Waals surface area contributed by atoms with E-state index in [2.05, 4.69) is 16.0 Å². The van der Waals surface area contributed by atoms with Crippen molar-refractivity contribution in [2.75, 3.05) is 18.5 Å². The predicted molar refractivity (Wildman–Crippen MR) is 113 cm³/mol. The number of benzene rings is 1. The van der Waals surface area contributed by atoms with Crippen LogP contribution in [0.3, 0.4) is 0 Å². The van der Waals surface area contributed by atoms with Crippen molar-refractivity contribution in [1.82, 2.24) is 10.6 Å². The van der Waals surface area contributed by atoms with Crippen LogP contribution in [0, 0.1) is 30.5 Å². The second-order valence-electron chi connectivity index (χ2n) is 9.50. The van der Waals surface area contributed by atoms with E-state index in [1.165, 1.54) is 25.3 Å². The maximum absolute atomic E-state index is 13.5. The summed E-state index contributed by atoms with van der Waals surface area (Å²) in [7, 11) is 0. The molecule has 3 amide bonds. The van der Waals surface area contributed by atoms with Gasteiger partial charge in [-0.1, -0.05) is 6.07 Å². The van der Waals surface area contributed by atoms with Gasteiger partial charge in [0.2, 0.25) is 0 Å². The first-order valence-corrected chi connectivity index (χ1v) is 11.1. The van der Waals surface area contributed by atoms with Gasteiger partial charge in [0.05, 0.1) is 6.42 Å². The van der Waals surface area contributed by atoms with Crippen LogP contribution in [0.25, 0.3) is 0 Å². The highest BCUT2D eigenvalue weighted by atomic mass is 19.1. The Balaban J connectivity index is 1.13. The Hall–Kier alpha value is -2.64. The summed E-state index contributed by atoms with van der Waals surface area (Å²) >= 11 is 0. The first-order valence-electron chi connectivity index (χ1n) is 11.1. The third-order valence-corrected chi connectivity index (χ3v) is 6.85. The Morgan fingerprint density at radius 1 is 1.10 bits per heavy atom. The molecule has 3 N–H and O–H groups in total. The summed E-state index contributed by atoms with van der Waals surface area (Å²) in [6, 6.07) is 4.09. The van der Waals surface area contributed by atoms with Gasteiger partial charge in [0.25, 0.3) is 5.91 Å².